The Morgan fingerprint density at radius 3 is 2.58 bits per heavy atom. The van der Waals surface area contributed by atoms with Crippen molar-refractivity contribution in [2.45, 2.75) is 50.8 Å². The molecule has 0 atom stereocenters. The number of aliphatic carboxylic acids is 1. The quantitative estimate of drug-likeness (QED) is 0.464. The highest BCUT2D eigenvalue weighted by Gasteiger charge is 2.31. The van der Waals surface area contributed by atoms with Crippen molar-refractivity contribution >= 4 is 39.3 Å². The maximum Gasteiger partial charge on any atom is 0.319 e. The first-order chi connectivity index (χ1) is 12.2. The summed E-state index contributed by atoms with van der Waals surface area (Å²) in [6.07, 6.45) is 2.43. The van der Waals surface area contributed by atoms with E-state index in [0.717, 1.165) is 32.8 Å². The number of aryl methyl sites for hydroxylation is 3. The number of hydrogen-bond acceptors (Lipinski definition) is 5. The molecule has 0 aliphatic carbocycles. The summed E-state index contributed by atoms with van der Waals surface area (Å²) in [5.41, 5.74) is 4.77. The van der Waals surface area contributed by atoms with Crippen molar-refractivity contribution in [1.29, 1.82) is 0 Å². The summed E-state index contributed by atoms with van der Waals surface area (Å²) in [6.45, 7) is 9.76. The van der Waals surface area contributed by atoms with E-state index in [0.29, 0.717) is 0 Å². The highest BCUT2D eigenvalue weighted by molar-refractivity contribution is 8.01. The lowest BCUT2D eigenvalue weighted by Crippen LogP contribution is -2.27. The molecular formula is C20H22N2O2S2. The van der Waals surface area contributed by atoms with Crippen LogP contribution in [0.15, 0.2) is 29.6 Å². The zero-order chi connectivity index (χ0) is 19.1. The largest absolute Gasteiger partial charge is 0.480 e. The number of aromatic nitrogens is 2. The third-order valence-electron chi connectivity index (χ3n) is 4.51. The summed E-state index contributed by atoms with van der Waals surface area (Å²) >= 11 is 2.94. The number of hydrogen-bond donors (Lipinski definition) is 1. The van der Waals surface area contributed by atoms with Crippen LogP contribution < -0.4 is 0 Å². The number of nitrogens with zero attached hydrogens (tertiary/aromatic N) is 2. The number of thiophene rings is 1. The van der Waals surface area contributed by atoms with Gasteiger partial charge in [0.1, 0.15) is 20.9 Å². The van der Waals surface area contributed by atoms with Gasteiger partial charge in [-0.25, -0.2) is 9.97 Å². The third kappa shape index (κ3) is 3.35. The molecule has 0 aliphatic heterocycles. The summed E-state index contributed by atoms with van der Waals surface area (Å²) in [4.78, 5) is 22.7. The minimum atomic E-state index is -0.962. The van der Waals surface area contributed by atoms with Gasteiger partial charge in [0.25, 0.3) is 0 Å². The van der Waals surface area contributed by atoms with Crippen LogP contribution in [-0.2, 0) is 11.2 Å². The second-order valence-electron chi connectivity index (χ2n) is 6.83. The number of benzene rings is 1. The Balaban J connectivity index is 2.27. The van der Waals surface area contributed by atoms with Crippen LogP contribution in [0, 0.1) is 13.8 Å². The minimum Gasteiger partial charge on any atom is -0.480 e. The van der Waals surface area contributed by atoms with Crippen LogP contribution in [0.3, 0.4) is 0 Å². The first kappa shape index (κ1) is 18.9. The number of carboxylic acid groups (broad SMARTS) is 1. The Bertz CT molecular complexity index is 993. The summed E-state index contributed by atoms with van der Waals surface area (Å²) in [5.74, 6) is -0.854. The first-order valence-corrected chi connectivity index (χ1v) is 10.1. The van der Waals surface area contributed by atoms with E-state index in [9.17, 15) is 9.90 Å². The van der Waals surface area contributed by atoms with Crippen LogP contribution in [0.4, 0.5) is 0 Å². The second-order valence-corrected chi connectivity index (χ2v) is 9.52. The van der Waals surface area contributed by atoms with Gasteiger partial charge in [0.15, 0.2) is 0 Å². The lowest BCUT2D eigenvalue weighted by Gasteiger charge is -2.18. The van der Waals surface area contributed by atoms with Gasteiger partial charge in [0.05, 0.1) is 5.39 Å². The smallest absolute Gasteiger partial charge is 0.319 e. The molecule has 0 spiro atoms. The predicted octanol–water partition coefficient (Wildman–Crippen LogP) is 5.49. The van der Waals surface area contributed by atoms with E-state index in [1.807, 2.05) is 0 Å². The van der Waals surface area contributed by atoms with Gasteiger partial charge in [0, 0.05) is 10.4 Å². The molecule has 2 aromatic heterocycles. The standard InChI is InChI=1S/C20H22N2O2S2/c1-6-14-15(13-8-7-11(2)12(3)9-13)16-17(25-14)21-10-22-18(16)26-20(4,5)19(23)24/h7-10H,6H2,1-5H3,(H,23,24). The van der Waals surface area contributed by atoms with Crippen LogP contribution in [0.2, 0.25) is 0 Å². The van der Waals surface area contributed by atoms with E-state index in [2.05, 4.69) is 48.9 Å². The highest BCUT2D eigenvalue weighted by Crippen LogP contribution is 2.44. The predicted molar refractivity (Wildman–Crippen MR) is 109 cm³/mol. The molecule has 0 aliphatic rings. The molecule has 0 bridgehead atoms. The molecule has 3 rings (SSSR count). The monoisotopic (exact) mass is 386 g/mol. The highest BCUT2D eigenvalue weighted by atomic mass is 32.2. The zero-order valence-electron chi connectivity index (χ0n) is 15.6. The number of carboxylic acids is 1. The lowest BCUT2D eigenvalue weighted by molar-refractivity contribution is -0.138. The third-order valence-corrected chi connectivity index (χ3v) is 6.94. The lowest BCUT2D eigenvalue weighted by atomic mass is 9.98. The average molecular weight is 387 g/mol. The van der Waals surface area contributed by atoms with Crippen molar-refractivity contribution in [3.05, 3.63) is 40.5 Å². The van der Waals surface area contributed by atoms with Gasteiger partial charge in [-0.1, -0.05) is 36.9 Å². The number of carbonyl (C=O) groups is 1. The average Bonchev–Trinajstić information content (AvgIpc) is 2.96. The number of thioether (sulfide) groups is 1. The van der Waals surface area contributed by atoms with E-state index >= 15 is 0 Å². The Kier molecular flexibility index (Phi) is 5.08. The topological polar surface area (TPSA) is 63.1 Å². The summed E-state index contributed by atoms with van der Waals surface area (Å²) in [6, 6.07) is 6.46. The van der Waals surface area contributed by atoms with Gasteiger partial charge in [-0.3, -0.25) is 4.79 Å². The molecule has 136 valence electrons. The van der Waals surface area contributed by atoms with Gasteiger partial charge in [-0.15, -0.1) is 11.3 Å². The maximum absolute atomic E-state index is 11.6. The molecular weight excluding hydrogens is 364 g/mol. The van der Waals surface area contributed by atoms with Crippen LogP contribution in [-0.4, -0.2) is 25.8 Å². The van der Waals surface area contributed by atoms with Crippen LogP contribution >= 0.6 is 23.1 Å². The Morgan fingerprint density at radius 1 is 1.23 bits per heavy atom. The van der Waals surface area contributed by atoms with Crippen LogP contribution in [0.5, 0.6) is 0 Å². The maximum atomic E-state index is 11.6. The normalized spacial score (nSPS) is 11.9. The van der Waals surface area contributed by atoms with Crippen LogP contribution in [0.25, 0.3) is 21.3 Å². The zero-order valence-corrected chi connectivity index (χ0v) is 17.2. The Labute approximate surface area is 161 Å². The van der Waals surface area contributed by atoms with Crippen molar-refractivity contribution in [2.24, 2.45) is 0 Å². The van der Waals surface area contributed by atoms with Gasteiger partial charge in [0.2, 0.25) is 0 Å². The van der Waals surface area contributed by atoms with Crippen molar-refractivity contribution in [3.63, 3.8) is 0 Å². The molecule has 2 heterocycles. The Morgan fingerprint density at radius 2 is 1.96 bits per heavy atom. The Hall–Kier alpha value is -1.92. The van der Waals surface area contributed by atoms with Crippen molar-refractivity contribution in [1.82, 2.24) is 9.97 Å². The van der Waals surface area contributed by atoms with E-state index in [-0.39, 0.29) is 0 Å². The fourth-order valence-corrected chi connectivity index (χ4v) is 4.90. The van der Waals surface area contributed by atoms with Crippen molar-refractivity contribution in [3.8, 4) is 11.1 Å². The molecule has 0 unspecified atom stereocenters. The fourth-order valence-electron chi connectivity index (χ4n) is 2.77. The van der Waals surface area contributed by atoms with E-state index in [4.69, 9.17) is 0 Å². The van der Waals surface area contributed by atoms with E-state index in [1.165, 1.54) is 34.1 Å². The molecule has 0 radical (unpaired) electrons. The van der Waals surface area contributed by atoms with Crippen molar-refractivity contribution in [2.75, 3.05) is 0 Å². The molecule has 0 saturated heterocycles. The van der Waals surface area contributed by atoms with Crippen LogP contribution in [0.1, 0.15) is 36.8 Å². The molecule has 0 fully saturated rings. The van der Waals surface area contributed by atoms with Gasteiger partial charge in [-0.2, -0.15) is 0 Å². The first-order valence-electron chi connectivity index (χ1n) is 8.51. The molecule has 0 saturated carbocycles. The second kappa shape index (κ2) is 7.00. The van der Waals surface area contributed by atoms with E-state index in [1.54, 1.807) is 25.2 Å². The SMILES string of the molecule is CCc1sc2ncnc(SC(C)(C)C(=O)O)c2c1-c1ccc(C)c(C)c1. The minimum absolute atomic E-state index is 0.728. The summed E-state index contributed by atoms with van der Waals surface area (Å²) in [5, 5.41) is 11.2. The number of fused-ring (bicyclic) bond motifs is 1. The fraction of sp³-hybridized carbons (Fsp3) is 0.350. The van der Waals surface area contributed by atoms with E-state index < -0.39 is 10.7 Å². The van der Waals surface area contributed by atoms with Gasteiger partial charge >= 0.3 is 5.97 Å². The summed E-state index contributed by atoms with van der Waals surface area (Å²) < 4.78 is -0.962. The summed E-state index contributed by atoms with van der Waals surface area (Å²) in [7, 11) is 0. The molecule has 3 aromatic rings. The molecule has 0 amide bonds. The molecule has 26 heavy (non-hydrogen) atoms. The molecule has 1 N–H and O–H groups in total. The molecule has 1 aromatic carbocycles. The van der Waals surface area contributed by atoms with Gasteiger partial charge in [-0.05, 0) is 50.8 Å². The van der Waals surface area contributed by atoms with Crippen molar-refractivity contribution < 1.29 is 9.90 Å². The molecule has 6 heteroatoms. The molecule has 4 nitrogen and oxygen atoms in total. The number of rotatable bonds is 5. The van der Waals surface area contributed by atoms with Gasteiger partial charge < -0.3 is 5.11 Å².